The standard InChI is InChI=1S/C28H39BrN2O3/c1-8-20(4)30-27(33)24(9-2)31(17-21-12-10-11-19(3)15-21)26(32)18-34-25-14-13-22(16-23(25)29)28(5,6)7/h10-16,20,24H,8-9,17-18H2,1-7H3,(H,30,33)/t20-,24-/m0/s1. The number of nitrogens with one attached hydrogen (secondary N) is 1. The quantitative estimate of drug-likeness (QED) is 0.400. The van der Waals surface area contributed by atoms with E-state index in [4.69, 9.17) is 4.74 Å². The van der Waals surface area contributed by atoms with Gasteiger partial charge in [0.05, 0.1) is 4.47 Å². The number of ether oxygens (including phenoxy) is 1. The second-order valence-electron chi connectivity index (χ2n) is 9.94. The molecule has 0 bridgehead atoms. The van der Waals surface area contributed by atoms with Gasteiger partial charge in [0.1, 0.15) is 11.8 Å². The third kappa shape index (κ3) is 7.86. The summed E-state index contributed by atoms with van der Waals surface area (Å²) in [6, 6.07) is 13.4. The molecule has 0 aromatic heterocycles. The van der Waals surface area contributed by atoms with Crippen LogP contribution in [0.4, 0.5) is 0 Å². The molecule has 5 nitrogen and oxygen atoms in total. The smallest absolute Gasteiger partial charge is 0.261 e. The van der Waals surface area contributed by atoms with Gasteiger partial charge < -0.3 is 15.0 Å². The first-order valence-electron chi connectivity index (χ1n) is 12.0. The Labute approximate surface area is 213 Å². The maximum Gasteiger partial charge on any atom is 0.261 e. The molecule has 0 saturated carbocycles. The molecular weight excluding hydrogens is 492 g/mol. The van der Waals surface area contributed by atoms with Crippen LogP contribution in [0.25, 0.3) is 0 Å². The van der Waals surface area contributed by atoms with Gasteiger partial charge in [-0.1, -0.05) is 70.5 Å². The molecule has 6 heteroatoms. The van der Waals surface area contributed by atoms with E-state index < -0.39 is 6.04 Å². The summed E-state index contributed by atoms with van der Waals surface area (Å²) in [5.74, 6) is 0.252. The molecule has 2 amide bonds. The van der Waals surface area contributed by atoms with Gasteiger partial charge in [0, 0.05) is 12.6 Å². The van der Waals surface area contributed by atoms with Crippen molar-refractivity contribution in [1.29, 1.82) is 0 Å². The fourth-order valence-corrected chi connectivity index (χ4v) is 4.17. The molecule has 0 fully saturated rings. The Morgan fingerprint density at radius 3 is 2.35 bits per heavy atom. The molecule has 0 aliphatic heterocycles. The number of nitrogens with zero attached hydrogens (tertiary/aromatic N) is 1. The topological polar surface area (TPSA) is 58.6 Å². The van der Waals surface area contributed by atoms with Crippen LogP contribution in [0.5, 0.6) is 5.75 Å². The number of aryl methyl sites for hydroxylation is 1. The molecule has 0 aliphatic carbocycles. The molecule has 0 heterocycles. The largest absolute Gasteiger partial charge is 0.483 e. The summed E-state index contributed by atoms with van der Waals surface area (Å²) in [6.07, 6.45) is 1.35. The van der Waals surface area contributed by atoms with Gasteiger partial charge in [-0.05, 0) is 71.3 Å². The molecule has 0 unspecified atom stereocenters. The first-order chi connectivity index (χ1) is 16.0. The van der Waals surface area contributed by atoms with Gasteiger partial charge in [0.2, 0.25) is 5.91 Å². The summed E-state index contributed by atoms with van der Waals surface area (Å²) < 4.78 is 6.72. The first kappa shape index (κ1) is 27.9. The van der Waals surface area contributed by atoms with Gasteiger partial charge >= 0.3 is 0 Å². The zero-order valence-electron chi connectivity index (χ0n) is 21.6. The zero-order valence-corrected chi connectivity index (χ0v) is 23.2. The number of rotatable bonds is 10. The van der Waals surface area contributed by atoms with E-state index >= 15 is 0 Å². The average Bonchev–Trinajstić information content (AvgIpc) is 2.77. The minimum Gasteiger partial charge on any atom is -0.483 e. The number of halogens is 1. The van der Waals surface area contributed by atoms with E-state index in [0.29, 0.717) is 18.7 Å². The van der Waals surface area contributed by atoms with E-state index in [1.807, 2.05) is 70.2 Å². The number of amides is 2. The molecule has 0 radical (unpaired) electrons. The van der Waals surface area contributed by atoms with E-state index in [1.54, 1.807) is 4.90 Å². The molecule has 2 rings (SSSR count). The van der Waals surface area contributed by atoms with E-state index in [-0.39, 0.29) is 29.9 Å². The summed E-state index contributed by atoms with van der Waals surface area (Å²) in [5, 5.41) is 3.04. The van der Waals surface area contributed by atoms with Crippen molar-refractivity contribution in [3.8, 4) is 5.75 Å². The normalized spacial score (nSPS) is 13.2. The molecule has 186 valence electrons. The lowest BCUT2D eigenvalue weighted by atomic mass is 9.87. The van der Waals surface area contributed by atoms with Crippen LogP contribution in [0.1, 0.15) is 71.1 Å². The van der Waals surface area contributed by atoms with E-state index in [9.17, 15) is 9.59 Å². The maximum atomic E-state index is 13.4. The fraction of sp³-hybridized carbons (Fsp3) is 0.500. The SMILES string of the molecule is CC[C@H](C)NC(=O)[C@H](CC)N(Cc1cccc(C)c1)C(=O)COc1ccc(C(C)(C)C)cc1Br. The highest BCUT2D eigenvalue weighted by molar-refractivity contribution is 9.10. The minimum atomic E-state index is -0.572. The number of hydrogen-bond acceptors (Lipinski definition) is 3. The highest BCUT2D eigenvalue weighted by Gasteiger charge is 2.29. The maximum absolute atomic E-state index is 13.4. The van der Waals surface area contributed by atoms with Gasteiger partial charge in [-0.3, -0.25) is 9.59 Å². The van der Waals surface area contributed by atoms with Gasteiger partial charge in [-0.25, -0.2) is 0 Å². The molecule has 0 spiro atoms. The van der Waals surface area contributed by atoms with Crippen LogP contribution < -0.4 is 10.1 Å². The molecule has 2 aromatic carbocycles. The van der Waals surface area contributed by atoms with Crippen molar-refractivity contribution in [3.63, 3.8) is 0 Å². The van der Waals surface area contributed by atoms with Crippen molar-refractivity contribution in [3.05, 3.63) is 63.6 Å². The predicted molar refractivity (Wildman–Crippen MR) is 142 cm³/mol. The van der Waals surface area contributed by atoms with E-state index in [1.165, 1.54) is 5.56 Å². The highest BCUT2D eigenvalue weighted by atomic mass is 79.9. The highest BCUT2D eigenvalue weighted by Crippen LogP contribution is 2.31. The molecule has 1 N–H and O–H groups in total. The Morgan fingerprint density at radius 2 is 1.79 bits per heavy atom. The van der Waals surface area contributed by atoms with Crippen LogP contribution in [0, 0.1) is 6.92 Å². The van der Waals surface area contributed by atoms with E-state index in [0.717, 1.165) is 22.0 Å². The second kappa shape index (κ2) is 12.4. The first-order valence-corrected chi connectivity index (χ1v) is 12.8. The van der Waals surface area contributed by atoms with Crippen molar-refractivity contribution in [1.82, 2.24) is 10.2 Å². The summed E-state index contributed by atoms with van der Waals surface area (Å²) in [6.45, 7) is 14.6. The Hall–Kier alpha value is -2.34. The molecule has 0 saturated heterocycles. The van der Waals surface area contributed by atoms with Crippen LogP contribution in [0.2, 0.25) is 0 Å². The van der Waals surface area contributed by atoms with Crippen molar-refractivity contribution in [2.45, 2.75) is 85.4 Å². The van der Waals surface area contributed by atoms with Gasteiger partial charge in [0.15, 0.2) is 6.61 Å². The summed E-state index contributed by atoms with van der Waals surface area (Å²) in [7, 11) is 0. The summed E-state index contributed by atoms with van der Waals surface area (Å²) in [5.41, 5.74) is 3.28. The van der Waals surface area contributed by atoms with Crippen molar-refractivity contribution in [2.75, 3.05) is 6.61 Å². The zero-order chi connectivity index (χ0) is 25.5. The van der Waals surface area contributed by atoms with Crippen molar-refractivity contribution >= 4 is 27.7 Å². The fourth-order valence-electron chi connectivity index (χ4n) is 3.67. The third-order valence-electron chi connectivity index (χ3n) is 5.97. The van der Waals surface area contributed by atoms with Crippen LogP contribution in [0.3, 0.4) is 0 Å². The minimum absolute atomic E-state index is 0.0127. The number of carbonyl (C=O) groups excluding carboxylic acids is 2. The molecule has 0 aliphatic rings. The lowest BCUT2D eigenvalue weighted by Gasteiger charge is -2.31. The summed E-state index contributed by atoms with van der Waals surface area (Å²) in [4.78, 5) is 28.1. The monoisotopic (exact) mass is 530 g/mol. The van der Waals surface area contributed by atoms with Crippen LogP contribution in [-0.2, 0) is 21.5 Å². The third-order valence-corrected chi connectivity index (χ3v) is 6.59. The lowest BCUT2D eigenvalue weighted by Crippen LogP contribution is -2.51. The Kier molecular flexibility index (Phi) is 10.2. The van der Waals surface area contributed by atoms with Gasteiger partial charge in [-0.15, -0.1) is 0 Å². The Balaban J connectivity index is 2.25. The summed E-state index contributed by atoms with van der Waals surface area (Å²) >= 11 is 3.58. The van der Waals surface area contributed by atoms with Crippen molar-refractivity contribution in [2.24, 2.45) is 0 Å². The second-order valence-corrected chi connectivity index (χ2v) is 10.8. The molecule has 2 aromatic rings. The average molecular weight is 532 g/mol. The lowest BCUT2D eigenvalue weighted by molar-refractivity contribution is -0.143. The van der Waals surface area contributed by atoms with Crippen LogP contribution in [-0.4, -0.2) is 35.4 Å². The number of benzene rings is 2. The Bertz CT molecular complexity index is 984. The molecular formula is C28H39BrN2O3. The van der Waals surface area contributed by atoms with Crippen LogP contribution >= 0.6 is 15.9 Å². The van der Waals surface area contributed by atoms with Crippen LogP contribution in [0.15, 0.2) is 46.9 Å². The van der Waals surface area contributed by atoms with Gasteiger partial charge in [0.25, 0.3) is 5.91 Å². The van der Waals surface area contributed by atoms with Gasteiger partial charge in [-0.2, -0.15) is 0 Å². The van der Waals surface area contributed by atoms with E-state index in [2.05, 4.69) is 42.0 Å². The Morgan fingerprint density at radius 1 is 1.09 bits per heavy atom. The predicted octanol–water partition coefficient (Wildman–Crippen LogP) is 6.16. The molecule has 2 atom stereocenters. The van der Waals surface area contributed by atoms with Crippen molar-refractivity contribution < 1.29 is 14.3 Å². The number of hydrogen-bond donors (Lipinski definition) is 1. The number of carbonyl (C=O) groups is 2. The molecule has 34 heavy (non-hydrogen) atoms.